The molecule has 0 saturated carbocycles. The summed E-state index contributed by atoms with van der Waals surface area (Å²) in [6.45, 7) is 8.08. The Morgan fingerprint density at radius 3 is 1.62 bits per heavy atom. The highest BCUT2D eigenvalue weighted by Crippen LogP contribution is 1.92. The fourth-order valence-electron chi connectivity index (χ4n) is 0.534. The van der Waals surface area contributed by atoms with Crippen molar-refractivity contribution in [1.82, 2.24) is 0 Å². The zero-order valence-electron chi connectivity index (χ0n) is 7.60. The smallest absolute Gasteiger partial charge is 0.450 e. The van der Waals surface area contributed by atoms with E-state index in [1.165, 1.54) is 5.56 Å². The average Bonchev–Trinajstić information content (AvgIpc) is 2.08. The predicted octanol–water partition coefficient (Wildman–Crippen LogP) is 3.02. The van der Waals surface area contributed by atoms with Gasteiger partial charge in [0.25, 0.3) is 0 Å². The molecule has 0 heterocycles. The van der Waals surface area contributed by atoms with Crippen LogP contribution in [0.15, 0.2) is 43.5 Å². The third-order valence-corrected chi connectivity index (χ3v) is 0.940. The fraction of sp³-hybridized carbons (Fsp3) is 0.100. The molecule has 0 aromatic heterocycles. The molecular weight excluding hydrogens is 168 g/mol. The Hall–Kier alpha value is -1.77. The minimum absolute atomic E-state index is 1.32. The zero-order chi connectivity index (χ0) is 10.7. The number of aryl methyl sites for hydroxylation is 1. The summed E-state index contributed by atoms with van der Waals surface area (Å²) < 4.78 is 0. The Labute approximate surface area is 78.0 Å². The van der Waals surface area contributed by atoms with Crippen LogP contribution >= 0.6 is 0 Å². The lowest BCUT2D eigenvalue weighted by atomic mass is 10.2. The van der Waals surface area contributed by atoms with E-state index in [0.717, 1.165) is 0 Å². The first kappa shape index (κ1) is 13.8. The molecule has 0 spiro atoms. The van der Waals surface area contributed by atoms with Crippen LogP contribution < -0.4 is 0 Å². The maximum atomic E-state index is 8.56. The first-order valence-electron chi connectivity index (χ1n) is 3.56. The third-order valence-electron chi connectivity index (χ3n) is 0.940. The van der Waals surface area contributed by atoms with Crippen molar-refractivity contribution in [3.05, 3.63) is 49.1 Å². The van der Waals surface area contributed by atoms with Gasteiger partial charge in [0.2, 0.25) is 0 Å². The van der Waals surface area contributed by atoms with Crippen LogP contribution in [0.5, 0.6) is 0 Å². The molecule has 0 bridgehead atoms. The van der Waals surface area contributed by atoms with E-state index in [-0.39, 0.29) is 0 Å². The molecule has 0 aliphatic heterocycles. The number of rotatable bonds is 0. The van der Waals surface area contributed by atoms with Crippen LogP contribution in [0.2, 0.25) is 0 Å². The summed E-state index contributed by atoms with van der Waals surface area (Å²) >= 11 is 0. The Balaban J connectivity index is 0. The molecule has 0 amide bonds. The van der Waals surface area contributed by atoms with Crippen LogP contribution in [-0.4, -0.2) is 16.4 Å². The minimum atomic E-state index is -1.83. The number of benzene rings is 1. The summed E-state index contributed by atoms with van der Waals surface area (Å²) in [7, 11) is 0. The van der Waals surface area contributed by atoms with Crippen molar-refractivity contribution >= 4 is 6.16 Å². The van der Waals surface area contributed by atoms with Gasteiger partial charge in [0.15, 0.2) is 0 Å². The highest BCUT2D eigenvalue weighted by molar-refractivity contribution is 5.53. The van der Waals surface area contributed by atoms with E-state index in [1.807, 2.05) is 18.2 Å². The maximum absolute atomic E-state index is 8.56. The van der Waals surface area contributed by atoms with Gasteiger partial charge >= 0.3 is 6.16 Å². The van der Waals surface area contributed by atoms with Crippen LogP contribution in [0.3, 0.4) is 0 Å². The quantitative estimate of drug-likeness (QED) is 0.606. The Morgan fingerprint density at radius 2 is 1.46 bits per heavy atom. The van der Waals surface area contributed by atoms with Gasteiger partial charge in [-0.05, 0) is 6.92 Å². The summed E-state index contributed by atoms with van der Waals surface area (Å²) in [4.78, 5) is 8.56. The zero-order valence-corrected chi connectivity index (χ0v) is 7.60. The van der Waals surface area contributed by atoms with Crippen LogP contribution in [0, 0.1) is 6.92 Å². The molecule has 0 saturated heterocycles. The summed E-state index contributed by atoms with van der Waals surface area (Å²) in [5, 5.41) is 13.9. The van der Waals surface area contributed by atoms with Crippen molar-refractivity contribution in [1.29, 1.82) is 0 Å². The van der Waals surface area contributed by atoms with Gasteiger partial charge in [0, 0.05) is 0 Å². The lowest BCUT2D eigenvalue weighted by Gasteiger charge is -1.82. The molecular formula is C10H14O3. The number of hydrogen-bond acceptors (Lipinski definition) is 1. The topological polar surface area (TPSA) is 57.5 Å². The third kappa shape index (κ3) is 17.9. The number of carboxylic acid groups (broad SMARTS) is 2. The van der Waals surface area contributed by atoms with E-state index >= 15 is 0 Å². The molecule has 0 aliphatic carbocycles. The average molecular weight is 182 g/mol. The normalized spacial score (nSPS) is 6.85. The monoisotopic (exact) mass is 182 g/mol. The Kier molecular flexibility index (Phi) is 10.9. The van der Waals surface area contributed by atoms with Crippen molar-refractivity contribution in [2.24, 2.45) is 0 Å². The summed E-state index contributed by atoms with van der Waals surface area (Å²) in [5.74, 6) is 0. The first-order chi connectivity index (χ1) is 6.13. The summed E-state index contributed by atoms with van der Waals surface area (Å²) in [5.41, 5.74) is 1.32. The van der Waals surface area contributed by atoms with E-state index in [1.54, 1.807) is 0 Å². The van der Waals surface area contributed by atoms with Gasteiger partial charge in [-0.2, -0.15) is 0 Å². The molecule has 0 fully saturated rings. The summed E-state index contributed by atoms with van der Waals surface area (Å²) in [6.07, 6.45) is -1.83. The second-order valence-electron chi connectivity index (χ2n) is 1.94. The predicted molar refractivity (Wildman–Crippen MR) is 53.1 cm³/mol. The molecule has 0 radical (unpaired) electrons. The van der Waals surface area contributed by atoms with E-state index in [9.17, 15) is 0 Å². The van der Waals surface area contributed by atoms with Crippen LogP contribution in [0.1, 0.15) is 5.56 Å². The number of hydrogen-bond donors (Lipinski definition) is 2. The van der Waals surface area contributed by atoms with Gasteiger partial charge in [0.1, 0.15) is 0 Å². The molecule has 0 unspecified atom stereocenters. The van der Waals surface area contributed by atoms with E-state index in [0.29, 0.717) is 0 Å². The second-order valence-corrected chi connectivity index (χ2v) is 1.94. The van der Waals surface area contributed by atoms with Crippen molar-refractivity contribution in [3.63, 3.8) is 0 Å². The van der Waals surface area contributed by atoms with Crippen LogP contribution in [-0.2, 0) is 0 Å². The van der Waals surface area contributed by atoms with Gasteiger partial charge in [0.05, 0.1) is 0 Å². The molecule has 3 heteroatoms. The fourth-order valence-corrected chi connectivity index (χ4v) is 0.534. The van der Waals surface area contributed by atoms with Gasteiger partial charge < -0.3 is 10.2 Å². The minimum Gasteiger partial charge on any atom is -0.450 e. The SMILES string of the molecule is C=C.Cc1ccccc1.O=C(O)O. The van der Waals surface area contributed by atoms with Gasteiger partial charge in [-0.15, -0.1) is 13.2 Å². The largest absolute Gasteiger partial charge is 0.503 e. The molecule has 1 aromatic carbocycles. The molecule has 1 aromatic rings. The molecule has 2 N–H and O–H groups in total. The first-order valence-corrected chi connectivity index (χ1v) is 3.56. The van der Waals surface area contributed by atoms with Gasteiger partial charge in [-0.1, -0.05) is 35.9 Å². The highest BCUT2D eigenvalue weighted by atomic mass is 16.6. The highest BCUT2D eigenvalue weighted by Gasteiger charge is 1.72. The van der Waals surface area contributed by atoms with Gasteiger partial charge in [-0.3, -0.25) is 0 Å². The van der Waals surface area contributed by atoms with Gasteiger partial charge in [-0.25, -0.2) is 4.79 Å². The Bertz CT molecular complexity index is 215. The van der Waals surface area contributed by atoms with E-state index in [2.05, 4.69) is 32.2 Å². The lowest BCUT2D eigenvalue weighted by molar-refractivity contribution is 0.137. The lowest BCUT2D eigenvalue weighted by Crippen LogP contribution is -1.81. The molecule has 72 valence electrons. The molecule has 0 aliphatic rings. The van der Waals surface area contributed by atoms with Crippen molar-refractivity contribution in [2.75, 3.05) is 0 Å². The second kappa shape index (κ2) is 10.2. The standard InChI is InChI=1S/C7H8.C2H4.CH2O3/c1-7-5-3-2-4-6-7;1-2;2-1(3)4/h2-6H,1H3;1-2H2;(H2,2,3,4). The molecule has 3 nitrogen and oxygen atoms in total. The summed E-state index contributed by atoms with van der Waals surface area (Å²) in [6, 6.07) is 10.3. The number of carbonyl (C=O) groups is 1. The van der Waals surface area contributed by atoms with Crippen molar-refractivity contribution in [2.45, 2.75) is 6.92 Å². The van der Waals surface area contributed by atoms with Crippen LogP contribution in [0.25, 0.3) is 0 Å². The maximum Gasteiger partial charge on any atom is 0.503 e. The van der Waals surface area contributed by atoms with E-state index in [4.69, 9.17) is 15.0 Å². The van der Waals surface area contributed by atoms with E-state index < -0.39 is 6.16 Å². The van der Waals surface area contributed by atoms with Crippen molar-refractivity contribution in [3.8, 4) is 0 Å². The molecule has 1 rings (SSSR count). The Morgan fingerprint density at radius 1 is 1.15 bits per heavy atom. The van der Waals surface area contributed by atoms with Crippen LogP contribution in [0.4, 0.5) is 4.79 Å². The molecule has 0 atom stereocenters. The van der Waals surface area contributed by atoms with Crippen molar-refractivity contribution < 1.29 is 15.0 Å². The molecule has 13 heavy (non-hydrogen) atoms.